The minimum atomic E-state index is -0.840. The number of rotatable bonds is 8. The van der Waals surface area contributed by atoms with E-state index in [1.807, 2.05) is 67.7 Å². The Morgan fingerprint density at radius 3 is 2.65 bits per heavy atom. The van der Waals surface area contributed by atoms with Gasteiger partial charge in [-0.3, -0.25) is 10.1 Å². The molecule has 0 fully saturated rings. The Kier molecular flexibility index (Phi) is 5.95. The van der Waals surface area contributed by atoms with E-state index in [-0.39, 0.29) is 5.91 Å². The molecular weight excluding hydrogens is 422 g/mol. The molecule has 5 heteroatoms. The van der Waals surface area contributed by atoms with Gasteiger partial charge in [0.1, 0.15) is 11.3 Å². The maximum atomic E-state index is 13.6. The fourth-order valence-electron chi connectivity index (χ4n) is 4.49. The quantitative estimate of drug-likeness (QED) is 0.286. The molecule has 0 bridgehead atoms. The molecule has 1 atom stereocenters. The summed E-state index contributed by atoms with van der Waals surface area (Å²) in [6, 6.07) is 26.3. The number of benzene rings is 3. The first kappa shape index (κ1) is 22.0. The van der Waals surface area contributed by atoms with Gasteiger partial charge in [-0.2, -0.15) is 0 Å². The molecule has 2 heterocycles. The van der Waals surface area contributed by atoms with E-state index in [9.17, 15) is 4.79 Å². The van der Waals surface area contributed by atoms with Gasteiger partial charge in [0.25, 0.3) is 0 Å². The lowest BCUT2D eigenvalue weighted by Gasteiger charge is -2.29. The van der Waals surface area contributed by atoms with E-state index >= 15 is 0 Å². The van der Waals surface area contributed by atoms with Gasteiger partial charge in [-0.15, -0.1) is 0 Å². The van der Waals surface area contributed by atoms with E-state index < -0.39 is 5.54 Å². The van der Waals surface area contributed by atoms with Crippen LogP contribution in [0.15, 0.2) is 89.5 Å². The molecule has 0 aliphatic carbocycles. The first-order valence-corrected chi connectivity index (χ1v) is 11.6. The summed E-state index contributed by atoms with van der Waals surface area (Å²) in [6.07, 6.45) is 2.54. The van der Waals surface area contributed by atoms with Gasteiger partial charge in [-0.1, -0.05) is 66.2 Å². The Morgan fingerprint density at radius 1 is 0.971 bits per heavy atom. The zero-order valence-electron chi connectivity index (χ0n) is 19.5. The van der Waals surface area contributed by atoms with Gasteiger partial charge in [-0.25, -0.2) is 0 Å². The predicted molar refractivity (Wildman–Crippen MR) is 136 cm³/mol. The number of hydrogen-bond acceptors (Lipinski definition) is 3. The predicted octanol–water partition coefficient (Wildman–Crippen LogP) is 5.63. The van der Waals surface area contributed by atoms with Crippen LogP contribution in [-0.4, -0.2) is 16.4 Å². The molecule has 0 aliphatic heterocycles. The van der Waals surface area contributed by atoms with Crippen molar-refractivity contribution in [1.82, 2.24) is 15.6 Å². The highest BCUT2D eigenvalue weighted by Gasteiger charge is 2.34. The van der Waals surface area contributed by atoms with Crippen LogP contribution in [0.5, 0.6) is 0 Å². The average Bonchev–Trinajstić information content (AvgIpc) is 3.45. The Balaban J connectivity index is 1.39. The summed E-state index contributed by atoms with van der Waals surface area (Å²) < 4.78 is 5.99. The first-order chi connectivity index (χ1) is 16.5. The maximum absolute atomic E-state index is 13.6. The van der Waals surface area contributed by atoms with Crippen LogP contribution in [0.1, 0.15) is 29.4 Å². The topological polar surface area (TPSA) is 70.1 Å². The number of aromatic nitrogens is 1. The number of carbonyl (C=O) groups is 1. The van der Waals surface area contributed by atoms with E-state index in [0.29, 0.717) is 19.5 Å². The molecule has 5 aromatic rings. The number of amides is 1. The number of nitrogens with one attached hydrogen (secondary N) is 3. The number of fused-ring (bicyclic) bond motifs is 2. The zero-order valence-corrected chi connectivity index (χ0v) is 19.5. The smallest absolute Gasteiger partial charge is 0.240 e. The summed E-state index contributed by atoms with van der Waals surface area (Å²) in [7, 11) is 0. The minimum absolute atomic E-state index is 0.0459. The lowest BCUT2D eigenvalue weighted by molar-refractivity contribution is -0.127. The summed E-state index contributed by atoms with van der Waals surface area (Å²) in [4.78, 5) is 16.9. The van der Waals surface area contributed by atoms with E-state index in [0.717, 1.165) is 38.8 Å². The van der Waals surface area contributed by atoms with Crippen molar-refractivity contribution in [2.75, 3.05) is 0 Å². The Morgan fingerprint density at radius 2 is 1.79 bits per heavy atom. The molecule has 3 aromatic carbocycles. The molecule has 2 aromatic heterocycles. The monoisotopic (exact) mass is 451 g/mol. The molecule has 0 saturated carbocycles. The average molecular weight is 452 g/mol. The van der Waals surface area contributed by atoms with Crippen molar-refractivity contribution in [1.29, 1.82) is 0 Å². The van der Waals surface area contributed by atoms with Crippen molar-refractivity contribution in [3.05, 3.63) is 108 Å². The fraction of sp³-hybridized carbons (Fsp3) is 0.207. The van der Waals surface area contributed by atoms with Crippen LogP contribution in [0.2, 0.25) is 0 Å². The second kappa shape index (κ2) is 9.20. The van der Waals surface area contributed by atoms with Gasteiger partial charge in [-0.05, 0) is 43.2 Å². The van der Waals surface area contributed by atoms with Crippen molar-refractivity contribution >= 4 is 27.8 Å². The Hall–Kier alpha value is -3.83. The summed E-state index contributed by atoms with van der Waals surface area (Å²) in [5, 5.41) is 8.84. The van der Waals surface area contributed by atoms with Crippen molar-refractivity contribution in [2.45, 2.75) is 38.9 Å². The Bertz CT molecular complexity index is 1420. The molecule has 5 nitrogen and oxygen atoms in total. The van der Waals surface area contributed by atoms with Crippen molar-refractivity contribution in [3.63, 3.8) is 0 Å². The largest absolute Gasteiger partial charge is 0.460 e. The molecule has 1 amide bonds. The lowest BCUT2D eigenvalue weighted by Crippen LogP contribution is -2.55. The van der Waals surface area contributed by atoms with E-state index in [2.05, 4.69) is 46.8 Å². The second-order valence-electron chi connectivity index (χ2n) is 9.14. The van der Waals surface area contributed by atoms with Crippen molar-refractivity contribution < 1.29 is 9.21 Å². The summed E-state index contributed by atoms with van der Waals surface area (Å²) in [6.45, 7) is 4.95. The molecule has 1 unspecified atom stereocenters. The van der Waals surface area contributed by atoms with Crippen LogP contribution in [-0.2, 0) is 24.3 Å². The fourth-order valence-corrected chi connectivity index (χ4v) is 4.49. The molecule has 0 radical (unpaired) electrons. The van der Waals surface area contributed by atoms with Gasteiger partial charge >= 0.3 is 0 Å². The van der Waals surface area contributed by atoms with Crippen LogP contribution < -0.4 is 10.6 Å². The molecule has 34 heavy (non-hydrogen) atoms. The van der Waals surface area contributed by atoms with Crippen molar-refractivity contribution in [3.8, 4) is 0 Å². The zero-order chi connectivity index (χ0) is 23.5. The van der Waals surface area contributed by atoms with Crippen LogP contribution in [0.4, 0.5) is 0 Å². The number of carbonyl (C=O) groups excluding carboxylic acids is 1. The minimum Gasteiger partial charge on any atom is -0.460 e. The maximum Gasteiger partial charge on any atom is 0.240 e. The molecule has 172 valence electrons. The molecule has 0 saturated heterocycles. The van der Waals surface area contributed by atoms with Crippen LogP contribution >= 0.6 is 0 Å². The number of aryl methyl sites for hydroxylation is 1. The number of para-hydroxylation sites is 2. The normalized spacial score (nSPS) is 13.2. The molecule has 3 N–H and O–H groups in total. The summed E-state index contributed by atoms with van der Waals surface area (Å²) in [5.74, 6) is 0.758. The highest BCUT2D eigenvalue weighted by molar-refractivity contribution is 5.89. The van der Waals surface area contributed by atoms with Crippen LogP contribution in [0.25, 0.3) is 21.9 Å². The Labute approximate surface area is 199 Å². The van der Waals surface area contributed by atoms with Gasteiger partial charge in [0.2, 0.25) is 5.91 Å². The number of furan rings is 1. The van der Waals surface area contributed by atoms with Gasteiger partial charge in [0.05, 0.1) is 12.1 Å². The molecular formula is C29H29N3O2. The SMILES string of the molecule is Cc1cccc(CNC(=O)C(C)(Cc2c[nH]c3ccccc23)NCc2cc3ccccc3o2)c1. The van der Waals surface area contributed by atoms with Crippen molar-refractivity contribution in [2.24, 2.45) is 0 Å². The highest BCUT2D eigenvalue weighted by atomic mass is 16.3. The van der Waals surface area contributed by atoms with Gasteiger partial charge in [0, 0.05) is 35.5 Å². The molecule has 5 rings (SSSR count). The van der Waals surface area contributed by atoms with E-state index in [4.69, 9.17) is 4.42 Å². The van der Waals surface area contributed by atoms with Crippen LogP contribution in [0.3, 0.4) is 0 Å². The second-order valence-corrected chi connectivity index (χ2v) is 9.14. The number of hydrogen-bond donors (Lipinski definition) is 3. The van der Waals surface area contributed by atoms with Gasteiger partial charge < -0.3 is 14.7 Å². The van der Waals surface area contributed by atoms with E-state index in [1.54, 1.807) is 0 Å². The number of H-pyrrole nitrogens is 1. The standard InChI is InChI=1S/C29H29N3O2/c1-20-8-7-9-21(14-20)17-31-28(33)29(2,16-23-18-30-26-12-5-4-11-25(23)26)32-19-24-15-22-10-3-6-13-27(22)34-24/h3-15,18,30,32H,16-17,19H2,1-2H3,(H,31,33). The van der Waals surface area contributed by atoms with E-state index in [1.165, 1.54) is 5.56 Å². The molecule has 0 aliphatic rings. The third kappa shape index (κ3) is 4.61. The highest BCUT2D eigenvalue weighted by Crippen LogP contribution is 2.24. The first-order valence-electron chi connectivity index (χ1n) is 11.6. The third-order valence-corrected chi connectivity index (χ3v) is 6.38. The summed E-state index contributed by atoms with van der Waals surface area (Å²) in [5.41, 5.74) is 4.43. The third-order valence-electron chi connectivity index (χ3n) is 6.38. The van der Waals surface area contributed by atoms with Gasteiger partial charge in [0.15, 0.2) is 0 Å². The molecule has 0 spiro atoms. The number of aromatic amines is 1. The summed E-state index contributed by atoms with van der Waals surface area (Å²) >= 11 is 0. The van der Waals surface area contributed by atoms with Crippen LogP contribution in [0, 0.1) is 6.92 Å². The lowest BCUT2D eigenvalue weighted by atomic mass is 9.91.